The molecule has 0 radical (unpaired) electrons. The van der Waals surface area contributed by atoms with Crippen LogP contribution in [0.3, 0.4) is 0 Å². The van der Waals surface area contributed by atoms with Gasteiger partial charge in [0.2, 0.25) is 0 Å². The van der Waals surface area contributed by atoms with Gasteiger partial charge in [0.15, 0.2) is 9.84 Å². The number of aromatic nitrogens is 1. The molecule has 1 N–H and O–H groups in total. The van der Waals surface area contributed by atoms with Crippen molar-refractivity contribution in [1.29, 1.82) is 5.26 Å². The number of carbonyl (C=O) groups excluding carboxylic acids is 1. The summed E-state index contributed by atoms with van der Waals surface area (Å²) in [5, 5.41) is 12.1. The van der Waals surface area contributed by atoms with Crippen molar-refractivity contribution < 1.29 is 31.1 Å². The molecule has 2 heterocycles. The Morgan fingerprint density at radius 1 is 1.12 bits per heavy atom. The molecule has 2 atom stereocenters. The smallest absolute Gasteiger partial charge is 0.416 e. The minimum atomic E-state index is -4.43. The Hall–Kier alpha value is -4.11. The van der Waals surface area contributed by atoms with Crippen LogP contribution in [-0.2, 0) is 22.6 Å². The quantitative estimate of drug-likeness (QED) is 0.393. The predicted molar refractivity (Wildman–Crippen MR) is 141 cm³/mol. The lowest BCUT2D eigenvalue weighted by Crippen LogP contribution is -2.31. The lowest BCUT2D eigenvalue weighted by Gasteiger charge is -2.23. The first kappa shape index (κ1) is 28.9. The van der Waals surface area contributed by atoms with Crippen LogP contribution in [0.4, 0.5) is 19.0 Å². The summed E-state index contributed by atoms with van der Waals surface area (Å²) >= 11 is 0. The fraction of sp³-hybridized carbons (Fsp3) is 0.321. The van der Waals surface area contributed by atoms with E-state index in [9.17, 15) is 31.6 Å². The molecule has 1 unspecified atom stereocenters. The summed E-state index contributed by atoms with van der Waals surface area (Å²) in [6.45, 7) is 2.15. The number of nitrogens with zero attached hydrogens (tertiary/aromatic N) is 3. The largest absolute Gasteiger partial charge is 0.489 e. The molecule has 40 heavy (non-hydrogen) atoms. The first-order valence-corrected chi connectivity index (χ1v) is 14.2. The number of sulfone groups is 1. The molecule has 3 aromatic rings. The SMILES string of the molecule is CCS(=O)(=O)c1ccc(CNC(=O)c2ccc(N3CC(Oc4ccc(C(F)(F)F)cc4)C[C@H]3CC#N)nc2)cc1. The Kier molecular flexibility index (Phi) is 8.64. The summed E-state index contributed by atoms with van der Waals surface area (Å²) in [7, 11) is -3.30. The highest BCUT2D eigenvalue weighted by molar-refractivity contribution is 7.91. The van der Waals surface area contributed by atoms with Gasteiger partial charge in [0.05, 0.1) is 40.8 Å². The third-order valence-corrected chi connectivity index (χ3v) is 8.36. The molecule has 12 heteroatoms. The van der Waals surface area contributed by atoms with Crippen LogP contribution in [0, 0.1) is 11.3 Å². The van der Waals surface area contributed by atoms with Crippen molar-refractivity contribution in [1.82, 2.24) is 10.3 Å². The number of ether oxygens (including phenoxy) is 1. The van der Waals surface area contributed by atoms with E-state index in [1.54, 1.807) is 31.2 Å². The van der Waals surface area contributed by atoms with Gasteiger partial charge in [0, 0.05) is 25.2 Å². The van der Waals surface area contributed by atoms with Crippen LogP contribution in [-0.4, -0.2) is 43.8 Å². The number of rotatable bonds is 9. The minimum absolute atomic E-state index is 0.00754. The number of nitriles is 1. The zero-order valence-electron chi connectivity index (χ0n) is 21.6. The van der Waals surface area contributed by atoms with E-state index in [1.807, 2.05) is 4.90 Å². The van der Waals surface area contributed by atoms with E-state index in [4.69, 9.17) is 4.74 Å². The van der Waals surface area contributed by atoms with E-state index in [0.29, 0.717) is 30.1 Å². The highest BCUT2D eigenvalue weighted by Crippen LogP contribution is 2.32. The molecule has 210 valence electrons. The Bertz CT molecular complexity index is 1470. The number of nitrogens with one attached hydrogen (secondary N) is 1. The molecule has 1 aromatic heterocycles. The van der Waals surface area contributed by atoms with E-state index in [0.717, 1.165) is 17.7 Å². The number of alkyl halides is 3. The van der Waals surface area contributed by atoms with Crippen molar-refractivity contribution in [3.05, 3.63) is 83.6 Å². The second kappa shape index (κ2) is 12.0. The van der Waals surface area contributed by atoms with Gasteiger partial charge in [-0.1, -0.05) is 19.1 Å². The highest BCUT2D eigenvalue weighted by atomic mass is 32.2. The van der Waals surface area contributed by atoms with Gasteiger partial charge in [-0.05, 0) is 54.1 Å². The highest BCUT2D eigenvalue weighted by Gasteiger charge is 2.35. The molecule has 2 aromatic carbocycles. The van der Waals surface area contributed by atoms with Gasteiger partial charge in [0.25, 0.3) is 5.91 Å². The van der Waals surface area contributed by atoms with Gasteiger partial charge in [-0.3, -0.25) is 4.79 Å². The van der Waals surface area contributed by atoms with E-state index >= 15 is 0 Å². The van der Waals surface area contributed by atoms with Crippen LogP contribution < -0.4 is 15.0 Å². The maximum absolute atomic E-state index is 12.8. The number of hydrogen-bond donors (Lipinski definition) is 1. The maximum atomic E-state index is 12.8. The number of amides is 1. The van der Waals surface area contributed by atoms with Crippen LogP contribution in [0.1, 0.15) is 41.3 Å². The average molecular weight is 573 g/mol. The van der Waals surface area contributed by atoms with Gasteiger partial charge in [0.1, 0.15) is 17.7 Å². The molecule has 1 aliphatic rings. The van der Waals surface area contributed by atoms with Crippen LogP contribution in [0.5, 0.6) is 5.75 Å². The fourth-order valence-electron chi connectivity index (χ4n) is 4.41. The van der Waals surface area contributed by atoms with Crippen LogP contribution in [0.2, 0.25) is 0 Å². The molecule has 0 saturated carbocycles. The van der Waals surface area contributed by atoms with Gasteiger partial charge in [-0.2, -0.15) is 18.4 Å². The lowest BCUT2D eigenvalue weighted by atomic mass is 10.1. The van der Waals surface area contributed by atoms with Crippen molar-refractivity contribution in [3.8, 4) is 11.8 Å². The maximum Gasteiger partial charge on any atom is 0.416 e. The Morgan fingerprint density at radius 3 is 2.40 bits per heavy atom. The molecule has 0 aliphatic carbocycles. The molecule has 1 amide bonds. The topological polar surface area (TPSA) is 112 Å². The van der Waals surface area contributed by atoms with Crippen LogP contribution in [0.25, 0.3) is 0 Å². The summed E-state index contributed by atoms with van der Waals surface area (Å²) in [4.78, 5) is 19.2. The molecule has 4 rings (SSSR count). The first-order valence-electron chi connectivity index (χ1n) is 12.5. The number of pyridine rings is 1. The third-order valence-electron chi connectivity index (χ3n) is 6.61. The number of halogens is 3. The lowest BCUT2D eigenvalue weighted by molar-refractivity contribution is -0.137. The van der Waals surface area contributed by atoms with Crippen LogP contribution in [0.15, 0.2) is 71.8 Å². The molecule has 8 nitrogen and oxygen atoms in total. The fourth-order valence-corrected chi connectivity index (χ4v) is 5.29. The molecular weight excluding hydrogens is 545 g/mol. The van der Waals surface area contributed by atoms with E-state index in [2.05, 4.69) is 16.4 Å². The van der Waals surface area contributed by atoms with Crippen molar-refractivity contribution in [2.75, 3.05) is 17.2 Å². The van der Waals surface area contributed by atoms with Crippen molar-refractivity contribution >= 4 is 21.6 Å². The summed E-state index contributed by atoms with van der Waals surface area (Å²) < 4.78 is 68.3. The average Bonchev–Trinajstić information content (AvgIpc) is 3.34. The minimum Gasteiger partial charge on any atom is -0.489 e. The molecule has 0 spiro atoms. The van der Waals surface area contributed by atoms with E-state index in [-0.39, 0.29) is 41.7 Å². The van der Waals surface area contributed by atoms with Gasteiger partial charge < -0.3 is 15.0 Å². The number of hydrogen-bond acceptors (Lipinski definition) is 7. The second-order valence-corrected chi connectivity index (χ2v) is 11.6. The number of carbonyl (C=O) groups is 1. The van der Waals surface area contributed by atoms with E-state index in [1.165, 1.54) is 30.5 Å². The molecule has 0 bridgehead atoms. The Morgan fingerprint density at radius 2 is 1.82 bits per heavy atom. The van der Waals surface area contributed by atoms with Gasteiger partial charge in [-0.25, -0.2) is 13.4 Å². The van der Waals surface area contributed by atoms with E-state index < -0.39 is 21.6 Å². The molecule has 1 fully saturated rings. The number of benzene rings is 2. The normalized spacial score (nSPS) is 17.3. The summed E-state index contributed by atoms with van der Waals surface area (Å²) in [6.07, 6.45) is -2.68. The van der Waals surface area contributed by atoms with Gasteiger partial charge in [-0.15, -0.1) is 0 Å². The van der Waals surface area contributed by atoms with Crippen molar-refractivity contribution in [2.24, 2.45) is 0 Å². The summed E-state index contributed by atoms with van der Waals surface area (Å²) in [6, 6.07) is 16.0. The summed E-state index contributed by atoms with van der Waals surface area (Å²) in [5.41, 5.74) is 0.301. The standard InChI is InChI=1S/C28H27F3N4O4S/c1-2-40(37,38)25-10-3-19(4-11-25)16-34-27(36)20-5-12-26(33-17-20)35-18-24(15-22(35)13-14-32)39-23-8-6-21(7-9-23)28(29,30)31/h3-12,17,22,24H,2,13,15-16,18H2,1H3,(H,34,36)/t22-,24?/m1/s1. The zero-order chi connectivity index (χ0) is 28.9. The number of anilines is 1. The van der Waals surface area contributed by atoms with Crippen molar-refractivity contribution in [3.63, 3.8) is 0 Å². The molecule has 1 saturated heterocycles. The molecular formula is C28H27F3N4O4S. The van der Waals surface area contributed by atoms with Gasteiger partial charge >= 0.3 is 6.18 Å². The second-order valence-electron chi connectivity index (χ2n) is 9.30. The third kappa shape index (κ3) is 6.90. The Balaban J connectivity index is 1.37. The zero-order valence-corrected chi connectivity index (χ0v) is 22.4. The van der Waals surface area contributed by atoms with Crippen LogP contribution >= 0.6 is 0 Å². The Labute approximate surface area is 230 Å². The first-order chi connectivity index (χ1) is 19.0. The molecule has 1 aliphatic heterocycles. The summed E-state index contributed by atoms with van der Waals surface area (Å²) in [5.74, 6) is 0.496. The van der Waals surface area contributed by atoms with Crippen molar-refractivity contribution in [2.45, 2.75) is 49.5 Å². The predicted octanol–water partition coefficient (Wildman–Crippen LogP) is 4.76. The monoisotopic (exact) mass is 572 g/mol.